The van der Waals surface area contributed by atoms with Crippen LogP contribution in [-0.4, -0.2) is 7.05 Å². The van der Waals surface area contributed by atoms with E-state index in [1.807, 2.05) is 0 Å². The Bertz CT molecular complexity index is 532. The normalized spacial score (nSPS) is 14.3. The van der Waals surface area contributed by atoms with Crippen LogP contribution in [0, 0.1) is 5.92 Å². The molecule has 0 aliphatic carbocycles. The predicted octanol–water partition coefficient (Wildman–Crippen LogP) is 5.32. The Kier molecular flexibility index (Phi) is 5.60. The van der Waals surface area contributed by atoms with Gasteiger partial charge in [0.05, 0.1) is 0 Å². The van der Waals surface area contributed by atoms with E-state index in [0.29, 0.717) is 6.04 Å². The van der Waals surface area contributed by atoms with Crippen LogP contribution in [0.5, 0.6) is 0 Å². The number of hydrogen-bond donors (Lipinski definition) is 1. The highest BCUT2D eigenvalue weighted by molar-refractivity contribution is 5.83. The second-order valence-corrected chi connectivity index (χ2v) is 5.68. The Hall–Kier alpha value is -1.34. The van der Waals surface area contributed by atoms with Crippen LogP contribution in [-0.2, 0) is 0 Å². The molecule has 0 amide bonds. The van der Waals surface area contributed by atoms with Crippen molar-refractivity contribution in [1.29, 1.82) is 0 Å². The van der Waals surface area contributed by atoms with Crippen LogP contribution in [0.15, 0.2) is 42.5 Å². The fourth-order valence-electron chi connectivity index (χ4n) is 3.15. The minimum Gasteiger partial charge on any atom is -0.313 e. The minimum absolute atomic E-state index is 0.469. The number of hydrogen-bond acceptors (Lipinski definition) is 1. The van der Waals surface area contributed by atoms with Crippen molar-refractivity contribution in [2.24, 2.45) is 5.92 Å². The maximum atomic E-state index is 3.54. The first-order chi connectivity index (χ1) is 9.80. The van der Waals surface area contributed by atoms with E-state index in [1.54, 1.807) is 0 Å². The van der Waals surface area contributed by atoms with Crippen molar-refractivity contribution < 1.29 is 0 Å². The first kappa shape index (κ1) is 15.1. The zero-order valence-corrected chi connectivity index (χ0v) is 13.0. The van der Waals surface area contributed by atoms with Crippen LogP contribution >= 0.6 is 0 Å². The highest BCUT2D eigenvalue weighted by Crippen LogP contribution is 2.30. The summed E-state index contributed by atoms with van der Waals surface area (Å²) in [5.74, 6) is 0.723. The lowest BCUT2D eigenvalue weighted by atomic mass is 9.86. The van der Waals surface area contributed by atoms with Crippen molar-refractivity contribution in [3.63, 3.8) is 0 Å². The lowest BCUT2D eigenvalue weighted by molar-refractivity contribution is 0.339. The molecule has 20 heavy (non-hydrogen) atoms. The third kappa shape index (κ3) is 3.40. The van der Waals surface area contributed by atoms with E-state index in [-0.39, 0.29) is 0 Å². The maximum Gasteiger partial charge on any atom is 0.0346 e. The van der Waals surface area contributed by atoms with Gasteiger partial charge in [0.15, 0.2) is 0 Å². The molecule has 0 aliphatic rings. The third-order valence-corrected chi connectivity index (χ3v) is 4.37. The molecule has 0 saturated heterocycles. The first-order valence-electron chi connectivity index (χ1n) is 7.96. The summed E-state index contributed by atoms with van der Waals surface area (Å²) in [5.41, 5.74) is 1.43. The van der Waals surface area contributed by atoms with Crippen molar-refractivity contribution in [3.05, 3.63) is 48.0 Å². The van der Waals surface area contributed by atoms with Gasteiger partial charge in [0.1, 0.15) is 0 Å². The second-order valence-electron chi connectivity index (χ2n) is 5.68. The molecule has 0 fully saturated rings. The fraction of sp³-hybridized carbons (Fsp3) is 0.474. The van der Waals surface area contributed by atoms with Crippen molar-refractivity contribution in [2.75, 3.05) is 7.05 Å². The van der Waals surface area contributed by atoms with E-state index in [1.165, 1.54) is 42.0 Å². The number of benzene rings is 2. The number of nitrogens with one attached hydrogen (secondary N) is 1. The molecule has 0 bridgehead atoms. The van der Waals surface area contributed by atoms with Gasteiger partial charge in [0.25, 0.3) is 0 Å². The van der Waals surface area contributed by atoms with Crippen molar-refractivity contribution in [1.82, 2.24) is 5.32 Å². The molecule has 2 rings (SSSR count). The Balaban J connectivity index is 2.27. The van der Waals surface area contributed by atoms with Crippen LogP contribution in [0.25, 0.3) is 10.8 Å². The molecule has 1 heteroatoms. The number of unbranched alkanes of at least 4 members (excludes halogenated alkanes) is 1. The van der Waals surface area contributed by atoms with Crippen molar-refractivity contribution in [3.8, 4) is 0 Å². The second kappa shape index (κ2) is 7.44. The molecule has 0 aliphatic heterocycles. The molecule has 0 radical (unpaired) electrons. The summed E-state index contributed by atoms with van der Waals surface area (Å²) in [6.45, 7) is 4.59. The van der Waals surface area contributed by atoms with Gasteiger partial charge in [-0.05, 0) is 41.8 Å². The van der Waals surface area contributed by atoms with Crippen LogP contribution in [0.2, 0.25) is 0 Å². The summed E-state index contributed by atoms with van der Waals surface area (Å²) in [4.78, 5) is 0. The standard InChI is InChI=1S/C19H27N/c1-4-6-9-15(5-2)19(20-3)18-13-12-16-10-7-8-11-17(16)14-18/h7-8,10-15,19-20H,4-6,9H2,1-3H3. The van der Waals surface area contributed by atoms with Gasteiger partial charge >= 0.3 is 0 Å². The first-order valence-corrected chi connectivity index (χ1v) is 7.96. The SMILES string of the molecule is CCCCC(CC)C(NC)c1ccc2ccccc2c1. The molecule has 108 valence electrons. The largest absolute Gasteiger partial charge is 0.313 e. The average Bonchev–Trinajstić information content (AvgIpc) is 2.51. The van der Waals surface area contributed by atoms with E-state index in [2.05, 4.69) is 68.7 Å². The van der Waals surface area contributed by atoms with Crippen LogP contribution in [0.3, 0.4) is 0 Å². The van der Waals surface area contributed by atoms with Crippen LogP contribution < -0.4 is 5.32 Å². The third-order valence-electron chi connectivity index (χ3n) is 4.37. The molecule has 0 spiro atoms. The Morgan fingerprint density at radius 3 is 2.40 bits per heavy atom. The number of fused-ring (bicyclic) bond motifs is 1. The number of rotatable bonds is 7. The monoisotopic (exact) mass is 269 g/mol. The fourth-order valence-corrected chi connectivity index (χ4v) is 3.15. The van der Waals surface area contributed by atoms with Gasteiger partial charge < -0.3 is 5.32 Å². The van der Waals surface area contributed by atoms with E-state index in [0.717, 1.165) is 5.92 Å². The average molecular weight is 269 g/mol. The van der Waals surface area contributed by atoms with E-state index in [4.69, 9.17) is 0 Å². The maximum absolute atomic E-state index is 3.54. The summed E-state index contributed by atoms with van der Waals surface area (Å²) in [6.07, 6.45) is 5.15. The van der Waals surface area contributed by atoms with Gasteiger partial charge in [-0.15, -0.1) is 0 Å². The Morgan fingerprint density at radius 2 is 1.75 bits per heavy atom. The molecule has 2 aromatic carbocycles. The topological polar surface area (TPSA) is 12.0 Å². The Morgan fingerprint density at radius 1 is 1.00 bits per heavy atom. The summed E-state index contributed by atoms with van der Waals surface area (Å²) in [7, 11) is 2.09. The van der Waals surface area contributed by atoms with E-state index < -0.39 is 0 Å². The van der Waals surface area contributed by atoms with Crippen LogP contribution in [0.1, 0.15) is 51.1 Å². The molecular weight excluding hydrogens is 242 g/mol. The van der Waals surface area contributed by atoms with Gasteiger partial charge in [-0.1, -0.05) is 69.5 Å². The smallest absolute Gasteiger partial charge is 0.0346 e. The van der Waals surface area contributed by atoms with Gasteiger partial charge in [0, 0.05) is 6.04 Å². The molecule has 2 aromatic rings. The van der Waals surface area contributed by atoms with Crippen molar-refractivity contribution in [2.45, 2.75) is 45.6 Å². The molecule has 0 aromatic heterocycles. The molecule has 0 heterocycles. The quantitative estimate of drug-likeness (QED) is 0.717. The zero-order valence-electron chi connectivity index (χ0n) is 13.0. The Labute approximate surface area is 123 Å². The van der Waals surface area contributed by atoms with E-state index >= 15 is 0 Å². The zero-order chi connectivity index (χ0) is 14.4. The lowest BCUT2D eigenvalue weighted by Crippen LogP contribution is -2.25. The molecular formula is C19H27N. The van der Waals surface area contributed by atoms with Crippen LogP contribution in [0.4, 0.5) is 0 Å². The molecule has 0 saturated carbocycles. The van der Waals surface area contributed by atoms with Crippen molar-refractivity contribution >= 4 is 10.8 Å². The molecule has 1 nitrogen and oxygen atoms in total. The molecule has 1 N–H and O–H groups in total. The molecule has 2 unspecified atom stereocenters. The summed E-state index contributed by atoms with van der Waals surface area (Å²) >= 11 is 0. The minimum atomic E-state index is 0.469. The van der Waals surface area contributed by atoms with Gasteiger partial charge in [0.2, 0.25) is 0 Å². The lowest BCUT2D eigenvalue weighted by Gasteiger charge is -2.26. The van der Waals surface area contributed by atoms with Gasteiger partial charge in [-0.25, -0.2) is 0 Å². The summed E-state index contributed by atoms with van der Waals surface area (Å²) in [5, 5.41) is 6.21. The summed E-state index contributed by atoms with van der Waals surface area (Å²) < 4.78 is 0. The predicted molar refractivity (Wildman–Crippen MR) is 89.1 cm³/mol. The van der Waals surface area contributed by atoms with E-state index in [9.17, 15) is 0 Å². The van der Waals surface area contributed by atoms with Gasteiger partial charge in [-0.3, -0.25) is 0 Å². The van der Waals surface area contributed by atoms with Gasteiger partial charge in [-0.2, -0.15) is 0 Å². The summed E-state index contributed by atoms with van der Waals surface area (Å²) in [6, 6.07) is 16.0. The molecule has 2 atom stereocenters. The highest BCUT2D eigenvalue weighted by atomic mass is 14.9. The highest BCUT2D eigenvalue weighted by Gasteiger charge is 2.19.